The first-order valence-corrected chi connectivity index (χ1v) is 6.13. The fourth-order valence-corrected chi connectivity index (χ4v) is 2.04. The van der Waals surface area contributed by atoms with Crippen molar-refractivity contribution in [2.75, 3.05) is 6.61 Å². The molecule has 2 atom stereocenters. The molecule has 0 aliphatic rings. The Labute approximate surface area is 103 Å². The van der Waals surface area contributed by atoms with Crippen molar-refractivity contribution in [3.05, 3.63) is 18.0 Å². The van der Waals surface area contributed by atoms with Crippen LogP contribution in [-0.2, 0) is 18.2 Å². The first-order valence-electron chi connectivity index (χ1n) is 6.13. The fourth-order valence-electron chi connectivity index (χ4n) is 2.04. The molecule has 0 amide bonds. The summed E-state index contributed by atoms with van der Waals surface area (Å²) in [5, 5.41) is 4.17. The molecule has 1 aromatic rings. The van der Waals surface area contributed by atoms with E-state index in [0.717, 1.165) is 18.4 Å². The third-order valence-corrected chi connectivity index (χ3v) is 3.31. The zero-order valence-corrected chi connectivity index (χ0v) is 11.2. The van der Waals surface area contributed by atoms with Gasteiger partial charge in [-0.3, -0.25) is 16.0 Å². The monoisotopic (exact) mass is 240 g/mol. The second-order valence-corrected chi connectivity index (χ2v) is 4.54. The van der Waals surface area contributed by atoms with Crippen LogP contribution in [0.1, 0.15) is 32.8 Å². The van der Waals surface area contributed by atoms with Gasteiger partial charge in [-0.2, -0.15) is 5.10 Å². The van der Waals surface area contributed by atoms with Crippen molar-refractivity contribution in [1.82, 2.24) is 15.2 Å². The third kappa shape index (κ3) is 3.52. The molecule has 0 aromatic carbocycles. The molecule has 5 nitrogen and oxygen atoms in total. The lowest BCUT2D eigenvalue weighted by molar-refractivity contribution is -0.0550. The Morgan fingerprint density at radius 2 is 2.29 bits per heavy atom. The maximum Gasteiger partial charge on any atom is 0.0820 e. The van der Waals surface area contributed by atoms with E-state index in [1.54, 1.807) is 4.68 Å². The highest BCUT2D eigenvalue weighted by Gasteiger charge is 2.32. The van der Waals surface area contributed by atoms with Gasteiger partial charge in [0.1, 0.15) is 0 Å². The zero-order valence-electron chi connectivity index (χ0n) is 11.2. The second-order valence-electron chi connectivity index (χ2n) is 4.54. The number of hydrazine groups is 1. The lowest BCUT2D eigenvalue weighted by Crippen LogP contribution is -2.54. The molecule has 0 bridgehead atoms. The molecule has 0 spiro atoms. The van der Waals surface area contributed by atoms with E-state index in [1.807, 2.05) is 26.4 Å². The highest BCUT2D eigenvalue weighted by molar-refractivity contribution is 5.08. The molecular formula is C12H24N4O. The van der Waals surface area contributed by atoms with Gasteiger partial charge in [-0.25, -0.2) is 0 Å². The van der Waals surface area contributed by atoms with Gasteiger partial charge in [-0.1, -0.05) is 6.92 Å². The van der Waals surface area contributed by atoms with Crippen molar-refractivity contribution in [3.8, 4) is 0 Å². The van der Waals surface area contributed by atoms with Gasteiger partial charge in [0.05, 0.1) is 17.8 Å². The first-order chi connectivity index (χ1) is 8.05. The van der Waals surface area contributed by atoms with Gasteiger partial charge in [-0.05, 0) is 32.3 Å². The highest BCUT2D eigenvalue weighted by Crippen LogP contribution is 2.22. The Morgan fingerprint density at radius 1 is 1.59 bits per heavy atom. The van der Waals surface area contributed by atoms with E-state index >= 15 is 0 Å². The van der Waals surface area contributed by atoms with E-state index in [0.29, 0.717) is 6.61 Å². The van der Waals surface area contributed by atoms with E-state index in [-0.39, 0.29) is 11.6 Å². The quantitative estimate of drug-likeness (QED) is 0.551. The molecule has 2 unspecified atom stereocenters. The number of aryl methyl sites for hydroxylation is 1. The summed E-state index contributed by atoms with van der Waals surface area (Å²) in [7, 11) is 1.91. The van der Waals surface area contributed by atoms with Gasteiger partial charge in [0.25, 0.3) is 0 Å². The maximum atomic E-state index is 5.84. The van der Waals surface area contributed by atoms with Crippen LogP contribution in [-0.4, -0.2) is 28.0 Å². The van der Waals surface area contributed by atoms with Gasteiger partial charge in [0.15, 0.2) is 0 Å². The minimum atomic E-state index is -0.251. The Hall–Kier alpha value is -0.910. The van der Waals surface area contributed by atoms with E-state index in [1.165, 1.54) is 0 Å². The van der Waals surface area contributed by atoms with Crippen LogP contribution in [0.2, 0.25) is 0 Å². The Kier molecular flexibility index (Phi) is 5.11. The molecule has 98 valence electrons. The average Bonchev–Trinajstić information content (AvgIpc) is 2.72. The van der Waals surface area contributed by atoms with Crippen molar-refractivity contribution < 1.29 is 4.74 Å². The van der Waals surface area contributed by atoms with Crippen molar-refractivity contribution in [1.29, 1.82) is 0 Å². The summed E-state index contributed by atoms with van der Waals surface area (Å²) in [5.41, 5.74) is 3.79. The smallest absolute Gasteiger partial charge is 0.0820 e. The van der Waals surface area contributed by atoms with Gasteiger partial charge in [-0.15, -0.1) is 0 Å². The van der Waals surface area contributed by atoms with Crippen LogP contribution in [0.3, 0.4) is 0 Å². The Balaban J connectivity index is 2.75. The van der Waals surface area contributed by atoms with E-state index in [4.69, 9.17) is 10.6 Å². The van der Waals surface area contributed by atoms with Gasteiger partial charge in [0.2, 0.25) is 0 Å². The molecular weight excluding hydrogens is 216 g/mol. The predicted octanol–water partition coefficient (Wildman–Crippen LogP) is 1.000. The molecule has 0 aliphatic carbocycles. The summed E-state index contributed by atoms with van der Waals surface area (Å²) in [6, 6.07) is 0.0802. The standard InChI is InChI=1S/C12H24N4O/c1-5-12(3,17-6-2)11(15-13)7-10-8-14-16(4)9-10/h8-9,11,15H,5-7,13H2,1-4H3. The summed E-state index contributed by atoms with van der Waals surface area (Å²) in [6.07, 6.45) is 5.60. The Bertz CT molecular complexity index is 339. The van der Waals surface area contributed by atoms with Gasteiger partial charge >= 0.3 is 0 Å². The maximum absolute atomic E-state index is 5.84. The number of nitrogens with one attached hydrogen (secondary N) is 1. The van der Waals surface area contributed by atoms with Crippen LogP contribution in [0.25, 0.3) is 0 Å². The summed E-state index contributed by atoms with van der Waals surface area (Å²) in [4.78, 5) is 0. The number of nitrogens with two attached hydrogens (primary N) is 1. The molecule has 0 aliphatic heterocycles. The molecule has 17 heavy (non-hydrogen) atoms. The summed E-state index contributed by atoms with van der Waals surface area (Å²) < 4.78 is 7.64. The number of hydrogen-bond donors (Lipinski definition) is 2. The normalized spacial score (nSPS) is 16.8. The third-order valence-electron chi connectivity index (χ3n) is 3.31. The molecule has 0 fully saturated rings. The number of ether oxygens (including phenoxy) is 1. The minimum absolute atomic E-state index is 0.0802. The van der Waals surface area contributed by atoms with Crippen LogP contribution in [0, 0.1) is 0 Å². The fraction of sp³-hybridized carbons (Fsp3) is 0.750. The number of aromatic nitrogens is 2. The van der Waals surface area contributed by atoms with Crippen LogP contribution < -0.4 is 11.3 Å². The molecule has 0 radical (unpaired) electrons. The molecule has 0 saturated carbocycles. The van der Waals surface area contributed by atoms with Crippen molar-refractivity contribution in [3.63, 3.8) is 0 Å². The molecule has 3 N–H and O–H groups in total. The van der Waals surface area contributed by atoms with Crippen LogP contribution >= 0.6 is 0 Å². The number of nitrogens with zero attached hydrogens (tertiary/aromatic N) is 2. The first kappa shape index (κ1) is 14.2. The average molecular weight is 240 g/mol. The number of rotatable bonds is 7. The molecule has 1 heterocycles. The zero-order chi connectivity index (χ0) is 12.9. The summed E-state index contributed by atoms with van der Waals surface area (Å²) in [6.45, 7) is 6.90. The van der Waals surface area contributed by atoms with E-state index in [9.17, 15) is 0 Å². The van der Waals surface area contributed by atoms with E-state index in [2.05, 4.69) is 24.4 Å². The number of hydrogen-bond acceptors (Lipinski definition) is 4. The molecule has 5 heteroatoms. The SMILES string of the molecule is CCOC(C)(CC)C(Cc1cnn(C)c1)NN. The molecule has 1 rings (SSSR count). The molecule has 0 saturated heterocycles. The Morgan fingerprint density at radius 3 is 2.71 bits per heavy atom. The van der Waals surface area contributed by atoms with Gasteiger partial charge in [0, 0.05) is 19.9 Å². The van der Waals surface area contributed by atoms with Gasteiger partial charge < -0.3 is 4.74 Å². The van der Waals surface area contributed by atoms with Crippen LogP contribution in [0.15, 0.2) is 12.4 Å². The largest absolute Gasteiger partial charge is 0.374 e. The van der Waals surface area contributed by atoms with Crippen molar-refractivity contribution in [2.45, 2.75) is 45.3 Å². The van der Waals surface area contributed by atoms with Crippen LogP contribution in [0.5, 0.6) is 0 Å². The minimum Gasteiger partial charge on any atom is -0.374 e. The predicted molar refractivity (Wildman–Crippen MR) is 68.3 cm³/mol. The lowest BCUT2D eigenvalue weighted by atomic mass is 9.89. The van der Waals surface area contributed by atoms with Crippen molar-refractivity contribution >= 4 is 0 Å². The van der Waals surface area contributed by atoms with Crippen molar-refractivity contribution in [2.24, 2.45) is 12.9 Å². The molecule has 1 aromatic heterocycles. The topological polar surface area (TPSA) is 65.1 Å². The summed E-state index contributed by atoms with van der Waals surface area (Å²) in [5.74, 6) is 5.66. The lowest BCUT2D eigenvalue weighted by Gasteiger charge is -2.36. The second kappa shape index (κ2) is 6.14. The highest BCUT2D eigenvalue weighted by atomic mass is 16.5. The van der Waals surface area contributed by atoms with E-state index < -0.39 is 0 Å². The summed E-state index contributed by atoms with van der Waals surface area (Å²) >= 11 is 0. The van der Waals surface area contributed by atoms with Crippen LogP contribution in [0.4, 0.5) is 0 Å².